The van der Waals surface area contributed by atoms with Crippen molar-refractivity contribution >= 4 is 11.4 Å². The summed E-state index contributed by atoms with van der Waals surface area (Å²) in [6.07, 6.45) is 1.54. The Labute approximate surface area is 138 Å². The van der Waals surface area contributed by atoms with Crippen molar-refractivity contribution in [1.29, 1.82) is 0 Å². The van der Waals surface area contributed by atoms with Gasteiger partial charge in [0.2, 0.25) is 0 Å². The molecule has 1 N–H and O–H groups in total. The molecule has 0 radical (unpaired) electrons. The van der Waals surface area contributed by atoms with Gasteiger partial charge in [0.1, 0.15) is 6.61 Å². The van der Waals surface area contributed by atoms with Gasteiger partial charge in [-0.25, -0.2) is 0 Å². The molecular formula is C17H16N2O5. The first-order chi connectivity index (χ1) is 11.6. The summed E-state index contributed by atoms with van der Waals surface area (Å²) in [5.41, 5.74) is 3.52. The van der Waals surface area contributed by atoms with Crippen molar-refractivity contribution in [1.82, 2.24) is 0 Å². The number of oxime groups is 1. The topological polar surface area (TPSA) is 94.2 Å². The maximum atomic E-state index is 10.6. The summed E-state index contributed by atoms with van der Waals surface area (Å²) in [4.78, 5) is 15.5. The zero-order valence-corrected chi connectivity index (χ0v) is 13.1. The molecule has 2 aromatic carbocycles. The van der Waals surface area contributed by atoms with E-state index < -0.39 is 4.92 Å². The van der Waals surface area contributed by atoms with Gasteiger partial charge in [-0.05, 0) is 48.2 Å². The lowest BCUT2D eigenvalue weighted by Crippen LogP contribution is -1.98. The van der Waals surface area contributed by atoms with E-state index in [1.54, 1.807) is 18.2 Å². The number of non-ortho nitro benzene ring substituents is 1. The minimum absolute atomic E-state index is 0.0409. The van der Waals surface area contributed by atoms with Gasteiger partial charge >= 0.3 is 0 Å². The van der Waals surface area contributed by atoms with Crippen LogP contribution in [-0.4, -0.2) is 22.9 Å². The first-order valence-electron chi connectivity index (χ1n) is 7.41. The largest absolute Gasteiger partial charge is 0.504 e. The van der Waals surface area contributed by atoms with Crippen molar-refractivity contribution in [3.63, 3.8) is 0 Å². The van der Waals surface area contributed by atoms with E-state index >= 15 is 0 Å². The van der Waals surface area contributed by atoms with Crippen LogP contribution in [-0.2, 0) is 17.9 Å². The van der Waals surface area contributed by atoms with Crippen LogP contribution < -0.4 is 4.74 Å². The third-order valence-electron chi connectivity index (χ3n) is 3.90. The first kappa shape index (κ1) is 15.8. The fraction of sp³-hybridized carbons (Fsp3) is 0.235. The number of hydrogen-bond donors (Lipinski definition) is 1. The third kappa shape index (κ3) is 3.15. The van der Waals surface area contributed by atoms with Crippen molar-refractivity contribution in [2.75, 3.05) is 7.11 Å². The van der Waals surface area contributed by atoms with Crippen molar-refractivity contribution in [2.24, 2.45) is 5.16 Å². The van der Waals surface area contributed by atoms with Crippen LogP contribution in [0.4, 0.5) is 5.69 Å². The van der Waals surface area contributed by atoms with Gasteiger partial charge in [0, 0.05) is 17.7 Å². The van der Waals surface area contributed by atoms with Crippen LogP contribution in [0.5, 0.6) is 11.5 Å². The van der Waals surface area contributed by atoms with Gasteiger partial charge in [-0.3, -0.25) is 10.1 Å². The van der Waals surface area contributed by atoms with E-state index in [1.165, 1.54) is 19.2 Å². The molecule has 0 saturated carbocycles. The first-order valence-corrected chi connectivity index (χ1v) is 7.41. The summed E-state index contributed by atoms with van der Waals surface area (Å²) in [5.74, 6) is 0.517. The van der Waals surface area contributed by atoms with Crippen LogP contribution in [0.25, 0.3) is 0 Å². The molecule has 0 fully saturated rings. The van der Waals surface area contributed by atoms with Gasteiger partial charge in [0.15, 0.2) is 11.5 Å². The number of nitrogens with zero attached hydrogens (tertiary/aromatic N) is 2. The predicted molar refractivity (Wildman–Crippen MR) is 87.4 cm³/mol. The van der Waals surface area contributed by atoms with E-state index in [0.29, 0.717) is 5.75 Å². The molecule has 0 spiro atoms. The van der Waals surface area contributed by atoms with Crippen molar-refractivity contribution < 1.29 is 19.6 Å². The molecule has 24 heavy (non-hydrogen) atoms. The number of rotatable bonds is 5. The lowest BCUT2D eigenvalue weighted by Gasteiger charge is -2.07. The highest BCUT2D eigenvalue weighted by atomic mass is 16.6. The maximum Gasteiger partial charge on any atom is 0.269 e. The summed E-state index contributed by atoms with van der Waals surface area (Å²) in [6.45, 7) is 0.221. The Morgan fingerprint density at radius 3 is 2.67 bits per heavy atom. The quantitative estimate of drug-likeness (QED) is 0.672. The SMILES string of the molecule is COc1cc2c(cc1O)/C(=N\OCc1ccc([N+](=O)[O-])cc1)CC2. The molecule has 7 heteroatoms. The minimum atomic E-state index is -0.443. The van der Waals surface area contributed by atoms with Crippen molar-refractivity contribution in [3.05, 3.63) is 63.2 Å². The molecule has 0 atom stereocenters. The molecule has 2 aromatic rings. The van der Waals surface area contributed by atoms with Gasteiger partial charge in [0.05, 0.1) is 17.7 Å². The monoisotopic (exact) mass is 328 g/mol. The van der Waals surface area contributed by atoms with Crippen LogP contribution in [0.2, 0.25) is 0 Å². The highest BCUT2D eigenvalue weighted by Gasteiger charge is 2.21. The van der Waals surface area contributed by atoms with Gasteiger partial charge in [-0.2, -0.15) is 0 Å². The lowest BCUT2D eigenvalue weighted by molar-refractivity contribution is -0.384. The van der Waals surface area contributed by atoms with Crippen LogP contribution >= 0.6 is 0 Å². The minimum Gasteiger partial charge on any atom is -0.504 e. The van der Waals surface area contributed by atoms with Gasteiger partial charge in [0.25, 0.3) is 5.69 Å². The molecular weight excluding hydrogens is 312 g/mol. The number of methoxy groups -OCH3 is 1. The Hall–Kier alpha value is -3.09. The van der Waals surface area contributed by atoms with Crippen LogP contribution in [0, 0.1) is 10.1 Å². The van der Waals surface area contributed by atoms with Crippen molar-refractivity contribution in [3.8, 4) is 11.5 Å². The highest BCUT2D eigenvalue weighted by Crippen LogP contribution is 2.34. The Morgan fingerprint density at radius 2 is 2.00 bits per heavy atom. The zero-order valence-electron chi connectivity index (χ0n) is 13.1. The summed E-state index contributed by atoms with van der Waals surface area (Å²) >= 11 is 0. The predicted octanol–water partition coefficient (Wildman–Crippen LogP) is 3.18. The molecule has 0 amide bonds. The number of phenolic OH excluding ortho intramolecular Hbond substituents is 1. The lowest BCUT2D eigenvalue weighted by atomic mass is 10.1. The number of nitro benzene ring substituents is 1. The van der Waals surface area contributed by atoms with E-state index in [9.17, 15) is 15.2 Å². The number of hydrogen-bond acceptors (Lipinski definition) is 6. The molecule has 1 aliphatic carbocycles. The average molecular weight is 328 g/mol. The Bertz CT molecular complexity index is 799. The molecule has 7 nitrogen and oxygen atoms in total. The molecule has 3 rings (SSSR count). The zero-order chi connectivity index (χ0) is 17.1. The number of aromatic hydroxyl groups is 1. The fourth-order valence-electron chi connectivity index (χ4n) is 2.63. The Morgan fingerprint density at radius 1 is 1.25 bits per heavy atom. The summed E-state index contributed by atoms with van der Waals surface area (Å²) in [5, 5.41) is 24.6. The average Bonchev–Trinajstić information content (AvgIpc) is 2.96. The summed E-state index contributed by atoms with van der Waals surface area (Å²) in [7, 11) is 1.51. The van der Waals surface area contributed by atoms with E-state index in [1.807, 2.05) is 6.07 Å². The second-order valence-electron chi connectivity index (χ2n) is 5.42. The third-order valence-corrected chi connectivity index (χ3v) is 3.90. The van der Waals surface area contributed by atoms with Gasteiger partial charge < -0.3 is 14.7 Å². The molecule has 0 bridgehead atoms. The molecule has 0 heterocycles. The van der Waals surface area contributed by atoms with Crippen LogP contribution in [0.3, 0.4) is 0 Å². The fourth-order valence-corrected chi connectivity index (χ4v) is 2.63. The maximum absolute atomic E-state index is 10.6. The smallest absolute Gasteiger partial charge is 0.269 e. The summed E-state index contributed by atoms with van der Waals surface area (Å²) < 4.78 is 5.10. The number of nitro groups is 1. The number of fused-ring (bicyclic) bond motifs is 1. The van der Waals surface area contributed by atoms with Crippen LogP contribution in [0.15, 0.2) is 41.6 Å². The summed E-state index contributed by atoms with van der Waals surface area (Å²) in [6, 6.07) is 9.58. The number of ether oxygens (including phenoxy) is 1. The van der Waals surface area contributed by atoms with E-state index in [4.69, 9.17) is 9.57 Å². The number of benzene rings is 2. The van der Waals surface area contributed by atoms with Gasteiger partial charge in [-0.15, -0.1) is 0 Å². The van der Waals surface area contributed by atoms with Gasteiger partial charge in [-0.1, -0.05) is 5.16 Å². The van der Waals surface area contributed by atoms with E-state index in [2.05, 4.69) is 5.16 Å². The standard InChI is InChI=1S/C17H16N2O5/c1-23-17-8-12-4-7-15(14(12)9-16(17)20)18-24-10-11-2-5-13(6-3-11)19(21)22/h2-3,5-6,8-9,20H,4,7,10H2,1H3/b18-15-. The Balaban J connectivity index is 1.69. The molecule has 0 aliphatic heterocycles. The normalized spacial score (nSPS) is 14.5. The molecule has 0 aromatic heterocycles. The second kappa shape index (κ2) is 6.57. The second-order valence-corrected chi connectivity index (χ2v) is 5.42. The molecule has 1 aliphatic rings. The van der Waals surface area contributed by atoms with E-state index in [0.717, 1.165) is 35.2 Å². The molecule has 0 saturated heterocycles. The molecule has 0 unspecified atom stereocenters. The van der Waals surface area contributed by atoms with E-state index in [-0.39, 0.29) is 18.0 Å². The number of aryl methyl sites for hydroxylation is 1. The number of phenols is 1. The highest BCUT2D eigenvalue weighted by molar-refractivity contribution is 6.04. The van der Waals surface area contributed by atoms with Crippen molar-refractivity contribution in [2.45, 2.75) is 19.4 Å². The Kier molecular flexibility index (Phi) is 4.33. The van der Waals surface area contributed by atoms with Crippen LogP contribution in [0.1, 0.15) is 23.1 Å². The molecule has 124 valence electrons.